The molecule has 0 rings (SSSR count). The number of carbonyl (C=O) groups is 3. The van der Waals surface area contributed by atoms with E-state index in [1.807, 2.05) is 0 Å². The molecule has 0 aliphatic heterocycles. The van der Waals surface area contributed by atoms with Crippen molar-refractivity contribution in [3.05, 3.63) is 0 Å². The van der Waals surface area contributed by atoms with Crippen molar-refractivity contribution in [1.29, 1.82) is 0 Å². The average molecular weight is 188 g/mol. The highest BCUT2D eigenvalue weighted by atomic mass is 16.5. The second-order valence-electron chi connectivity index (χ2n) is 2.54. The van der Waals surface area contributed by atoms with E-state index >= 15 is 0 Å². The number of carbonyl (C=O) groups excluding carboxylic acids is 2. The zero-order valence-corrected chi connectivity index (χ0v) is 7.41. The fourth-order valence-corrected chi connectivity index (χ4v) is 0.758. The monoisotopic (exact) mass is 188 g/mol. The Morgan fingerprint density at radius 3 is 2.31 bits per heavy atom. The van der Waals surface area contributed by atoms with Crippen molar-refractivity contribution in [2.75, 3.05) is 7.11 Å². The van der Waals surface area contributed by atoms with Crippen molar-refractivity contribution < 1.29 is 24.2 Å². The van der Waals surface area contributed by atoms with Crippen LogP contribution in [0.2, 0.25) is 0 Å². The van der Waals surface area contributed by atoms with Gasteiger partial charge in [-0.3, -0.25) is 14.4 Å². The molecule has 13 heavy (non-hydrogen) atoms. The zero-order chi connectivity index (χ0) is 10.3. The third-order valence-electron chi connectivity index (χ3n) is 1.42. The van der Waals surface area contributed by atoms with Crippen molar-refractivity contribution in [2.24, 2.45) is 0 Å². The number of carboxylic acid groups (broad SMARTS) is 1. The molecule has 0 aliphatic carbocycles. The van der Waals surface area contributed by atoms with Gasteiger partial charge >= 0.3 is 11.9 Å². The Balaban J connectivity index is 3.52. The molecule has 5 heteroatoms. The van der Waals surface area contributed by atoms with Gasteiger partial charge in [-0.15, -0.1) is 0 Å². The van der Waals surface area contributed by atoms with Gasteiger partial charge in [-0.1, -0.05) is 0 Å². The van der Waals surface area contributed by atoms with Crippen LogP contribution < -0.4 is 0 Å². The molecule has 0 spiro atoms. The molecule has 0 aromatic carbocycles. The molecule has 0 saturated carbocycles. The largest absolute Gasteiger partial charge is 0.481 e. The predicted octanol–water partition coefficient (Wildman–Crippen LogP) is 0.374. The van der Waals surface area contributed by atoms with E-state index in [1.54, 1.807) is 0 Å². The molecular weight excluding hydrogens is 176 g/mol. The molecule has 0 amide bonds. The number of esters is 1. The normalized spacial score (nSPS) is 9.31. The molecule has 0 bridgehead atoms. The third-order valence-corrected chi connectivity index (χ3v) is 1.42. The average Bonchev–Trinajstić information content (AvgIpc) is 2.03. The van der Waals surface area contributed by atoms with Crippen molar-refractivity contribution in [3.8, 4) is 0 Å². The Kier molecular flexibility index (Phi) is 5.50. The van der Waals surface area contributed by atoms with Crippen LogP contribution in [-0.4, -0.2) is 29.9 Å². The molecule has 0 aliphatic rings. The molecule has 1 N–H and O–H groups in total. The third kappa shape index (κ3) is 6.99. The van der Waals surface area contributed by atoms with Gasteiger partial charge in [0.2, 0.25) is 0 Å². The lowest BCUT2D eigenvalue weighted by Gasteiger charge is -1.97. The van der Waals surface area contributed by atoms with Crippen LogP contribution in [0.3, 0.4) is 0 Å². The van der Waals surface area contributed by atoms with E-state index in [2.05, 4.69) is 4.74 Å². The minimum atomic E-state index is -0.939. The van der Waals surface area contributed by atoms with Crippen LogP contribution in [0.25, 0.3) is 0 Å². The van der Waals surface area contributed by atoms with Crippen LogP contribution in [0.5, 0.6) is 0 Å². The zero-order valence-electron chi connectivity index (χ0n) is 7.41. The van der Waals surface area contributed by atoms with E-state index in [4.69, 9.17) is 5.11 Å². The number of hydrogen-bond donors (Lipinski definition) is 1. The van der Waals surface area contributed by atoms with Gasteiger partial charge in [0.15, 0.2) is 0 Å². The fraction of sp³-hybridized carbons (Fsp3) is 0.625. The molecule has 0 heterocycles. The van der Waals surface area contributed by atoms with Crippen LogP contribution in [0, 0.1) is 0 Å². The molecule has 74 valence electrons. The van der Waals surface area contributed by atoms with E-state index in [0.29, 0.717) is 0 Å². The summed E-state index contributed by atoms with van der Waals surface area (Å²) in [5.74, 6) is -1.81. The summed E-state index contributed by atoms with van der Waals surface area (Å²) >= 11 is 0. The maximum Gasteiger partial charge on any atom is 0.313 e. The van der Waals surface area contributed by atoms with Crippen LogP contribution in [-0.2, 0) is 19.1 Å². The standard InChI is InChI=1S/C8H12O5/c1-13-8(12)5-6(9)3-2-4-7(10)11/h2-5H2,1H3,(H,10,11). The topological polar surface area (TPSA) is 80.7 Å². The number of Topliss-reactive ketones (excluding diaryl/α,β-unsaturated/α-hetero) is 1. The van der Waals surface area contributed by atoms with Gasteiger partial charge < -0.3 is 9.84 Å². The molecule has 5 nitrogen and oxygen atoms in total. The summed E-state index contributed by atoms with van der Waals surface area (Å²) in [5, 5.41) is 8.25. The first-order valence-corrected chi connectivity index (χ1v) is 3.86. The fourth-order valence-electron chi connectivity index (χ4n) is 0.758. The number of rotatable bonds is 6. The van der Waals surface area contributed by atoms with E-state index in [0.717, 1.165) is 0 Å². The SMILES string of the molecule is COC(=O)CC(=O)CCCC(=O)O. The van der Waals surface area contributed by atoms with Crippen molar-refractivity contribution in [1.82, 2.24) is 0 Å². The smallest absolute Gasteiger partial charge is 0.313 e. The summed E-state index contributed by atoms with van der Waals surface area (Å²) in [6, 6.07) is 0. The van der Waals surface area contributed by atoms with Crippen molar-refractivity contribution in [2.45, 2.75) is 25.7 Å². The van der Waals surface area contributed by atoms with E-state index in [1.165, 1.54) is 7.11 Å². The number of methoxy groups -OCH3 is 1. The number of ether oxygens (including phenoxy) is 1. The van der Waals surface area contributed by atoms with Crippen molar-refractivity contribution in [3.63, 3.8) is 0 Å². The number of carboxylic acids is 1. The van der Waals surface area contributed by atoms with Crippen LogP contribution in [0.4, 0.5) is 0 Å². The second-order valence-corrected chi connectivity index (χ2v) is 2.54. The Bertz CT molecular complexity index is 209. The number of ketones is 1. The minimum Gasteiger partial charge on any atom is -0.481 e. The van der Waals surface area contributed by atoms with Crippen LogP contribution in [0.1, 0.15) is 25.7 Å². The first-order chi connectivity index (χ1) is 6.06. The molecule has 0 aromatic rings. The highest BCUT2D eigenvalue weighted by Crippen LogP contribution is 2.00. The van der Waals surface area contributed by atoms with Crippen LogP contribution >= 0.6 is 0 Å². The lowest BCUT2D eigenvalue weighted by molar-refractivity contribution is -0.143. The lowest BCUT2D eigenvalue weighted by atomic mass is 10.1. The van der Waals surface area contributed by atoms with Gasteiger partial charge in [0.05, 0.1) is 7.11 Å². The summed E-state index contributed by atoms with van der Waals surface area (Å²) < 4.78 is 4.27. The predicted molar refractivity (Wildman–Crippen MR) is 43.1 cm³/mol. The van der Waals surface area contributed by atoms with Crippen LogP contribution in [0.15, 0.2) is 0 Å². The Morgan fingerprint density at radius 1 is 1.23 bits per heavy atom. The summed E-state index contributed by atoms with van der Waals surface area (Å²) in [6.45, 7) is 0. The van der Waals surface area contributed by atoms with Gasteiger partial charge in [-0.25, -0.2) is 0 Å². The van der Waals surface area contributed by atoms with E-state index in [9.17, 15) is 14.4 Å². The van der Waals surface area contributed by atoms with Gasteiger partial charge in [0.25, 0.3) is 0 Å². The lowest BCUT2D eigenvalue weighted by Crippen LogP contribution is -2.09. The Morgan fingerprint density at radius 2 is 1.85 bits per heavy atom. The highest BCUT2D eigenvalue weighted by molar-refractivity contribution is 5.95. The minimum absolute atomic E-state index is 0.0487. The van der Waals surface area contributed by atoms with Gasteiger partial charge in [-0.2, -0.15) is 0 Å². The molecular formula is C8H12O5. The summed E-state index contributed by atoms with van der Waals surface area (Å²) in [7, 11) is 1.20. The summed E-state index contributed by atoms with van der Waals surface area (Å²) in [4.78, 5) is 31.5. The van der Waals surface area contributed by atoms with Gasteiger partial charge in [0, 0.05) is 12.8 Å². The van der Waals surface area contributed by atoms with Crippen molar-refractivity contribution >= 4 is 17.7 Å². The van der Waals surface area contributed by atoms with E-state index in [-0.39, 0.29) is 31.5 Å². The molecule has 0 radical (unpaired) electrons. The molecule has 0 unspecified atom stereocenters. The first kappa shape index (κ1) is 11.6. The second kappa shape index (κ2) is 6.16. The quantitative estimate of drug-likeness (QED) is 0.481. The van der Waals surface area contributed by atoms with Gasteiger partial charge in [0.1, 0.15) is 12.2 Å². The number of hydrogen-bond acceptors (Lipinski definition) is 4. The van der Waals surface area contributed by atoms with E-state index < -0.39 is 11.9 Å². The summed E-state index contributed by atoms with van der Waals surface area (Å²) in [5.41, 5.74) is 0. The molecule has 0 saturated heterocycles. The molecule has 0 aromatic heterocycles. The first-order valence-electron chi connectivity index (χ1n) is 3.86. The van der Waals surface area contributed by atoms with Gasteiger partial charge in [-0.05, 0) is 6.42 Å². The Labute approximate surface area is 75.7 Å². The number of aliphatic carboxylic acids is 1. The summed E-state index contributed by atoms with van der Waals surface area (Å²) in [6.07, 6.45) is 0.0651. The molecule has 0 fully saturated rings. The maximum atomic E-state index is 10.9. The Hall–Kier alpha value is -1.39. The highest BCUT2D eigenvalue weighted by Gasteiger charge is 2.09. The molecule has 0 atom stereocenters. The maximum absolute atomic E-state index is 10.9.